The summed E-state index contributed by atoms with van der Waals surface area (Å²) in [7, 11) is 7.70. The highest BCUT2D eigenvalue weighted by molar-refractivity contribution is 6.31. The van der Waals surface area contributed by atoms with Gasteiger partial charge in [0.05, 0.1) is 15.0 Å². The maximum atomic E-state index is 14.5. The summed E-state index contributed by atoms with van der Waals surface area (Å²) in [5.41, 5.74) is -0.624. The number of carbonyl (C=O) groups excluding carboxylic acids is 1. The summed E-state index contributed by atoms with van der Waals surface area (Å²) < 4.78 is 30.8. The lowest BCUT2D eigenvalue weighted by Crippen LogP contribution is -2.47. The van der Waals surface area contributed by atoms with Crippen LogP contribution in [0.25, 0.3) is 0 Å². The molecule has 1 N–H and O–H groups in total. The maximum Gasteiger partial charge on any atom is 0.189 e. The van der Waals surface area contributed by atoms with Gasteiger partial charge in [-0.25, -0.2) is 4.39 Å². The molecule has 1 aliphatic heterocycles. The second-order valence-corrected chi connectivity index (χ2v) is 7.22. The van der Waals surface area contributed by atoms with Crippen LogP contribution in [-0.4, -0.2) is 38.2 Å². The largest absolute Gasteiger partial charge is 0.504 e. The van der Waals surface area contributed by atoms with Gasteiger partial charge in [-0.05, 0) is 36.8 Å². The lowest BCUT2D eigenvalue weighted by molar-refractivity contribution is -0.122. The van der Waals surface area contributed by atoms with Crippen LogP contribution in [-0.2, 0) is 20.7 Å². The van der Waals surface area contributed by atoms with E-state index < -0.39 is 16.7 Å². The molecule has 1 unspecified atom stereocenters. The van der Waals surface area contributed by atoms with Crippen molar-refractivity contribution >= 4 is 13.6 Å². The van der Waals surface area contributed by atoms with E-state index >= 15 is 0 Å². The molecule has 1 aromatic carbocycles. The zero-order valence-corrected chi connectivity index (χ0v) is 15.5. The molecule has 2 aliphatic rings. The molecule has 3 rings (SSSR count). The number of phenolic OH excluding ortho intramolecular Hbond substituents is 1. The number of rotatable bonds is 6. The summed E-state index contributed by atoms with van der Waals surface area (Å²) in [4.78, 5) is 12.4. The Hall–Kier alpha value is -2.28. The van der Waals surface area contributed by atoms with Gasteiger partial charge < -0.3 is 19.3 Å². The second kappa shape index (κ2) is 7.04. The van der Waals surface area contributed by atoms with Crippen LogP contribution in [0.5, 0.6) is 11.5 Å². The Morgan fingerprint density at radius 1 is 1.52 bits per heavy atom. The smallest absolute Gasteiger partial charge is 0.189 e. The number of benzene rings is 1. The normalized spacial score (nSPS) is 28.1. The number of allylic oxidation sites excluding steroid dienone is 2. The second-order valence-electron chi connectivity index (χ2n) is 7.22. The van der Waals surface area contributed by atoms with E-state index in [1.807, 2.05) is 6.92 Å². The first-order chi connectivity index (χ1) is 12.8. The first kappa shape index (κ1) is 19.5. The minimum absolute atomic E-state index is 0.00394. The molecule has 5 nitrogen and oxygen atoms in total. The number of hydrogen-bond acceptors (Lipinski definition) is 5. The summed E-state index contributed by atoms with van der Waals surface area (Å²) in [6, 6.07) is 2.49. The van der Waals surface area contributed by atoms with Crippen molar-refractivity contribution in [3.63, 3.8) is 0 Å². The van der Waals surface area contributed by atoms with Crippen molar-refractivity contribution in [2.24, 2.45) is 5.92 Å². The van der Waals surface area contributed by atoms with Crippen molar-refractivity contribution in [3.8, 4) is 11.5 Å². The first-order valence-electron chi connectivity index (χ1n) is 8.74. The van der Waals surface area contributed by atoms with Gasteiger partial charge in [-0.3, -0.25) is 4.79 Å². The van der Waals surface area contributed by atoms with E-state index in [4.69, 9.17) is 22.1 Å². The highest BCUT2D eigenvalue weighted by Gasteiger charge is 2.55. The number of fused-ring (bicyclic) bond motifs is 1. The number of phenols is 1. The van der Waals surface area contributed by atoms with Crippen LogP contribution in [0, 0.1) is 11.7 Å². The van der Waals surface area contributed by atoms with Crippen LogP contribution < -0.4 is 4.74 Å². The molecular weight excluding hydrogens is 350 g/mol. The summed E-state index contributed by atoms with van der Waals surface area (Å²) in [5, 5.41) is 8.83. The van der Waals surface area contributed by atoms with Crippen molar-refractivity contribution < 1.29 is 28.5 Å². The molecule has 0 amide bonds. The van der Waals surface area contributed by atoms with Crippen molar-refractivity contribution in [1.82, 2.24) is 0 Å². The molecule has 142 valence electrons. The molecule has 7 heteroatoms. The first-order valence-corrected chi connectivity index (χ1v) is 8.74. The fourth-order valence-electron chi connectivity index (χ4n) is 3.90. The third kappa shape index (κ3) is 3.25. The van der Waals surface area contributed by atoms with Gasteiger partial charge in [0.1, 0.15) is 17.2 Å². The molecule has 0 bridgehead atoms. The molecule has 1 saturated heterocycles. The molecule has 1 heterocycles. The fraction of sp³-hybridized carbons (Fsp3) is 0.450. The molecule has 0 spiro atoms. The molecule has 2 radical (unpaired) electrons. The average molecular weight is 372 g/mol. The van der Waals surface area contributed by atoms with Crippen LogP contribution in [0.4, 0.5) is 4.39 Å². The summed E-state index contributed by atoms with van der Waals surface area (Å²) in [6.45, 7) is 5.56. The predicted octanol–water partition coefficient (Wildman–Crippen LogP) is 3.22. The van der Waals surface area contributed by atoms with E-state index in [2.05, 4.69) is 6.58 Å². The van der Waals surface area contributed by atoms with Crippen molar-refractivity contribution in [1.29, 1.82) is 0 Å². The average Bonchev–Trinajstić information content (AvgIpc) is 3.01. The summed E-state index contributed by atoms with van der Waals surface area (Å²) in [5.74, 6) is -0.652. The number of carbonyl (C=O) groups is 1. The Kier molecular flexibility index (Phi) is 5.08. The van der Waals surface area contributed by atoms with Gasteiger partial charge in [-0.15, -0.1) is 6.58 Å². The van der Waals surface area contributed by atoms with E-state index in [0.717, 1.165) is 6.07 Å². The molecule has 27 heavy (non-hydrogen) atoms. The summed E-state index contributed by atoms with van der Waals surface area (Å²) >= 11 is 0. The van der Waals surface area contributed by atoms with Crippen molar-refractivity contribution in [2.75, 3.05) is 13.9 Å². The van der Waals surface area contributed by atoms with Gasteiger partial charge in [0.15, 0.2) is 24.1 Å². The van der Waals surface area contributed by atoms with Crippen LogP contribution >= 0.6 is 0 Å². The Bertz CT molecular complexity index is 808. The number of aromatic hydroxyl groups is 1. The molecule has 0 aromatic heterocycles. The topological polar surface area (TPSA) is 65.0 Å². The van der Waals surface area contributed by atoms with E-state index in [-0.39, 0.29) is 42.8 Å². The minimum atomic E-state index is -1.15. The van der Waals surface area contributed by atoms with Crippen LogP contribution in [0.15, 0.2) is 36.6 Å². The maximum absolute atomic E-state index is 14.5. The Labute approximate surface area is 159 Å². The van der Waals surface area contributed by atoms with E-state index in [1.54, 1.807) is 6.08 Å². The van der Waals surface area contributed by atoms with Gasteiger partial charge in [-0.2, -0.15) is 0 Å². The van der Waals surface area contributed by atoms with Gasteiger partial charge in [0.2, 0.25) is 0 Å². The molecule has 1 aliphatic carbocycles. The number of methoxy groups -OCH3 is 1. The van der Waals surface area contributed by atoms with Crippen LogP contribution in [0.3, 0.4) is 0 Å². The lowest BCUT2D eigenvalue weighted by atomic mass is 9.54. The third-order valence-corrected chi connectivity index (χ3v) is 5.46. The molecule has 3 atom stereocenters. The quantitative estimate of drug-likeness (QED) is 0.614. The van der Waals surface area contributed by atoms with Crippen molar-refractivity contribution in [2.45, 2.75) is 37.1 Å². The number of hydrogen-bond donors (Lipinski definition) is 1. The lowest BCUT2D eigenvalue weighted by Gasteiger charge is -2.43. The Morgan fingerprint density at radius 2 is 2.26 bits per heavy atom. The molecular formula is C20H22BFO5. The molecule has 1 fully saturated rings. The van der Waals surface area contributed by atoms with Crippen LogP contribution in [0.1, 0.15) is 25.3 Å². The predicted molar refractivity (Wildman–Crippen MR) is 98.2 cm³/mol. The van der Waals surface area contributed by atoms with Gasteiger partial charge in [0.25, 0.3) is 0 Å². The molecule has 1 aromatic rings. The van der Waals surface area contributed by atoms with Gasteiger partial charge in [-0.1, -0.05) is 13.0 Å². The SMILES string of the molecule is [B][C@]1(CC=C)C[C@]2(C(C)Cc3cc(O)c(OC)cc3F)OCOC2=CC1=O. The van der Waals surface area contributed by atoms with Crippen LogP contribution in [0.2, 0.25) is 5.31 Å². The number of halogens is 1. The fourth-order valence-corrected chi connectivity index (χ4v) is 3.90. The van der Waals surface area contributed by atoms with Crippen molar-refractivity contribution in [3.05, 3.63) is 48.0 Å². The highest BCUT2D eigenvalue weighted by atomic mass is 19.1. The number of ether oxygens (including phenoxy) is 3. The Balaban J connectivity index is 1.94. The van der Waals surface area contributed by atoms with Gasteiger partial charge >= 0.3 is 0 Å². The standard InChI is InChI=1S/C20H22BFO5/c1-4-5-19(21)10-20(18(9-17(19)24)26-11-27-20)12(2)6-13-7-15(23)16(25-3)8-14(13)22/h4,7-9,12,23H,1,5-6,10-11H2,2-3H3/t12?,19-,20-/m1/s1. The Morgan fingerprint density at radius 3 is 2.93 bits per heavy atom. The zero-order chi connectivity index (χ0) is 19.8. The highest BCUT2D eigenvalue weighted by Crippen LogP contribution is 2.53. The van der Waals surface area contributed by atoms with E-state index in [1.165, 1.54) is 19.3 Å². The zero-order valence-electron chi connectivity index (χ0n) is 15.5. The minimum Gasteiger partial charge on any atom is -0.504 e. The summed E-state index contributed by atoms with van der Waals surface area (Å²) in [6.07, 6.45) is 3.75. The van der Waals surface area contributed by atoms with E-state index in [9.17, 15) is 14.3 Å². The monoisotopic (exact) mass is 372 g/mol. The van der Waals surface area contributed by atoms with Gasteiger partial charge in [0, 0.05) is 17.5 Å². The number of ketones is 1. The third-order valence-electron chi connectivity index (χ3n) is 5.46. The molecule has 0 saturated carbocycles. The van der Waals surface area contributed by atoms with E-state index in [0.29, 0.717) is 17.7 Å².